The number of carbonyl (C=O) groups excluding carboxylic acids is 1. The molecule has 0 saturated carbocycles. The van der Waals surface area contributed by atoms with Crippen LogP contribution in [0.2, 0.25) is 0 Å². The van der Waals surface area contributed by atoms with Crippen LogP contribution in [0.25, 0.3) is 0 Å². The van der Waals surface area contributed by atoms with E-state index in [4.69, 9.17) is 0 Å². The highest BCUT2D eigenvalue weighted by molar-refractivity contribution is 7.13. The summed E-state index contributed by atoms with van der Waals surface area (Å²) in [7, 11) is 2.27. The van der Waals surface area contributed by atoms with Crippen molar-refractivity contribution in [3.05, 3.63) is 41.4 Å². The minimum Gasteiger partial charge on any atom is -0.348 e. The van der Waals surface area contributed by atoms with Gasteiger partial charge in [-0.1, -0.05) is 25.1 Å². The van der Waals surface area contributed by atoms with Crippen molar-refractivity contribution in [1.82, 2.24) is 9.88 Å². The smallest absolute Gasteiger partial charge is 0.223 e. The quantitative estimate of drug-likeness (QED) is 0.715. The monoisotopic (exact) mass is 412 g/mol. The van der Waals surface area contributed by atoms with E-state index in [0.29, 0.717) is 6.04 Å². The number of piperidine rings is 1. The van der Waals surface area contributed by atoms with Crippen LogP contribution >= 0.6 is 11.3 Å². The number of para-hydroxylation sites is 1. The highest BCUT2D eigenvalue weighted by atomic mass is 32.1. The molecule has 1 amide bonds. The zero-order chi connectivity index (χ0) is 20.4. The molecule has 6 heteroatoms. The minimum atomic E-state index is 0.0676. The number of aromatic nitrogens is 1. The average molecular weight is 413 g/mol. The van der Waals surface area contributed by atoms with Gasteiger partial charge in [0.05, 0.1) is 0 Å². The zero-order valence-electron chi connectivity index (χ0n) is 17.8. The van der Waals surface area contributed by atoms with E-state index in [0.717, 1.165) is 49.8 Å². The Bertz CT molecular complexity index is 831. The lowest BCUT2D eigenvalue weighted by atomic mass is 9.77. The Morgan fingerprint density at radius 3 is 2.72 bits per heavy atom. The number of anilines is 2. The highest BCUT2D eigenvalue weighted by Gasteiger charge is 2.42. The van der Waals surface area contributed by atoms with E-state index in [2.05, 4.69) is 52.3 Å². The second kappa shape index (κ2) is 8.44. The lowest BCUT2D eigenvalue weighted by Gasteiger charge is -2.38. The maximum absolute atomic E-state index is 12.2. The predicted molar refractivity (Wildman–Crippen MR) is 121 cm³/mol. The molecule has 0 radical (unpaired) electrons. The average Bonchev–Trinajstić information content (AvgIpc) is 3.39. The molecule has 1 aromatic heterocycles. The molecule has 0 bridgehead atoms. The minimum absolute atomic E-state index is 0.0676. The van der Waals surface area contributed by atoms with Gasteiger partial charge < -0.3 is 14.7 Å². The van der Waals surface area contributed by atoms with Crippen LogP contribution in [-0.2, 0) is 10.2 Å². The first-order valence-electron chi connectivity index (χ1n) is 10.8. The Labute approximate surface area is 178 Å². The second-order valence-corrected chi connectivity index (χ2v) is 9.39. The number of hydrogen-bond donors (Lipinski definition) is 0. The van der Waals surface area contributed by atoms with Crippen LogP contribution in [0.1, 0.15) is 45.1 Å². The Morgan fingerprint density at radius 1 is 1.31 bits per heavy atom. The summed E-state index contributed by atoms with van der Waals surface area (Å²) in [6.45, 7) is 8.01. The van der Waals surface area contributed by atoms with E-state index in [1.165, 1.54) is 18.4 Å². The van der Waals surface area contributed by atoms with Crippen molar-refractivity contribution < 1.29 is 4.79 Å². The number of hydrogen-bond acceptors (Lipinski definition) is 5. The molecule has 29 heavy (non-hydrogen) atoms. The highest BCUT2D eigenvalue weighted by Crippen LogP contribution is 2.45. The molecule has 2 aliphatic heterocycles. The number of benzene rings is 1. The normalized spacial score (nSPS) is 22.3. The number of rotatable bonds is 6. The van der Waals surface area contributed by atoms with Gasteiger partial charge in [-0.25, -0.2) is 4.98 Å². The fourth-order valence-corrected chi connectivity index (χ4v) is 5.74. The Morgan fingerprint density at radius 2 is 2.07 bits per heavy atom. The van der Waals surface area contributed by atoms with Crippen molar-refractivity contribution in [2.45, 2.75) is 51.0 Å². The van der Waals surface area contributed by atoms with Crippen molar-refractivity contribution in [2.24, 2.45) is 0 Å². The zero-order valence-corrected chi connectivity index (χ0v) is 18.6. The molecule has 5 nitrogen and oxygen atoms in total. The maximum Gasteiger partial charge on any atom is 0.223 e. The molecule has 1 unspecified atom stereocenters. The summed E-state index contributed by atoms with van der Waals surface area (Å²) in [5.41, 5.74) is 2.53. The fraction of sp³-hybridized carbons (Fsp3) is 0.565. The van der Waals surface area contributed by atoms with E-state index in [9.17, 15) is 4.79 Å². The van der Waals surface area contributed by atoms with Crippen LogP contribution < -0.4 is 9.80 Å². The van der Waals surface area contributed by atoms with E-state index >= 15 is 0 Å². The van der Waals surface area contributed by atoms with E-state index < -0.39 is 0 Å². The standard InChI is InChI=1S/C23H32N4OS/c1-4-23(17-27(18(2)28)21-8-6-5-7-20(21)23)11-15-25(3)19-9-13-26(14-10-19)22-24-12-16-29-22/h5-8,12,16,19H,4,9-11,13-15,17H2,1-3H3. The molecule has 1 atom stereocenters. The molecule has 2 aliphatic rings. The summed E-state index contributed by atoms with van der Waals surface area (Å²) in [5.74, 6) is 0.149. The number of thiazole rings is 1. The van der Waals surface area contributed by atoms with Gasteiger partial charge in [0.1, 0.15) is 0 Å². The largest absolute Gasteiger partial charge is 0.348 e. The SMILES string of the molecule is CCC1(CCN(C)C2CCN(c3nccs3)CC2)CN(C(C)=O)c2ccccc21. The lowest BCUT2D eigenvalue weighted by Crippen LogP contribution is -2.45. The summed E-state index contributed by atoms with van der Waals surface area (Å²) in [6.07, 6.45) is 6.42. The third-order valence-corrected chi connectivity index (χ3v) is 7.84. The predicted octanol–water partition coefficient (Wildman–Crippen LogP) is 4.15. The van der Waals surface area contributed by atoms with E-state index in [1.54, 1.807) is 18.3 Å². The third-order valence-electron chi connectivity index (χ3n) is 7.00. The van der Waals surface area contributed by atoms with Gasteiger partial charge in [0.25, 0.3) is 0 Å². The molecule has 4 rings (SSSR count). The maximum atomic E-state index is 12.2. The Kier molecular flexibility index (Phi) is 5.93. The molecule has 2 aromatic rings. The molecule has 1 fully saturated rings. The molecule has 156 valence electrons. The van der Waals surface area contributed by atoms with Gasteiger partial charge in [-0.05, 0) is 50.9 Å². The van der Waals surface area contributed by atoms with E-state index in [-0.39, 0.29) is 11.3 Å². The molecule has 0 N–H and O–H groups in total. The first-order chi connectivity index (χ1) is 14.0. The van der Waals surface area contributed by atoms with Gasteiger partial charge in [-0.15, -0.1) is 11.3 Å². The van der Waals surface area contributed by atoms with Gasteiger partial charge in [0.15, 0.2) is 5.13 Å². The van der Waals surface area contributed by atoms with Gasteiger partial charge in [-0.2, -0.15) is 0 Å². The van der Waals surface area contributed by atoms with Crippen LogP contribution in [0.15, 0.2) is 35.8 Å². The van der Waals surface area contributed by atoms with Crippen molar-refractivity contribution in [2.75, 3.05) is 43.0 Å². The van der Waals surface area contributed by atoms with Gasteiger partial charge in [0, 0.05) is 55.3 Å². The summed E-state index contributed by atoms with van der Waals surface area (Å²) >= 11 is 1.73. The summed E-state index contributed by atoms with van der Waals surface area (Å²) in [4.78, 5) is 23.6. The summed E-state index contributed by atoms with van der Waals surface area (Å²) in [6, 6.07) is 9.12. The van der Waals surface area contributed by atoms with Crippen molar-refractivity contribution >= 4 is 28.1 Å². The fourth-order valence-electron chi connectivity index (χ4n) is 5.05. The molecular formula is C23H32N4OS. The Hall–Kier alpha value is -1.92. The number of fused-ring (bicyclic) bond motifs is 1. The lowest BCUT2D eigenvalue weighted by molar-refractivity contribution is -0.116. The van der Waals surface area contributed by atoms with Crippen molar-refractivity contribution in [3.8, 4) is 0 Å². The van der Waals surface area contributed by atoms with Gasteiger partial charge in [0.2, 0.25) is 5.91 Å². The molecule has 1 aromatic carbocycles. The van der Waals surface area contributed by atoms with E-state index in [1.807, 2.05) is 17.2 Å². The number of carbonyl (C=O) groups is 1. The second-order valence-electron chi connectivity index (χ2n) is 8.52. The van der Waals surface area contributed by atoms with Crippen molar-refractivity contribution in [3.63, 3.8) is 0 Å². The third kappa shape index (κ3) is 3.92. The molecule has 3 heterocycles. The van der Waals surface area contributed by atoms with Crippen LogP contribution in [0.5, 0.6) is 0 Å². The first kappa shape index (κ1) is 20.4. The van der Waals surface area contributed by atoms with Crippen LogP contribution in [0.3, 0.4) is 0 Å². The number of amides is 1. The van der Waals surface area contributed by atoms with Crippen molar-refractivity contribution in [1.29, 1.82) is 0 Å². The molecule has 0 spiro atoms. The van der Waals surface area contributed by atoms with Crippen LogP contribution in [-0.4, -0.2) is 55.1 Å². The first-order valence-corrected chi connectivity index (χ1v) is 11.6. The van der Waals surface area contributed by atoms with Crippen LogP contribution in [0.4, 0.5) is 10.8 Å². The topological polar surface area (TPSA) is 39.7 Å². The summed E-state index contributed by atoms with van der Waals surface area (Å²) in [5, 5.41) is 3.21. The van der Waals surface area contributed by atoms with Gasteiger partial charge in [-0.3, -0.25) is 4.79 Å². The molecule has 0 aliphatic carbocycles. The molecular weight excluding hydrogens is 380 g/mol. The summed E-state index contributed by atoms with van der Waals surface area (Å²) < 4.78 is 0. The Balaban J connectivity index is 1.39. The molecule has 1 saturated heterocycles. The van der Waals surface area contributed by atoms with Crippen LogP contribution in [0, 0.1) is 0 Å². The number of nitrogens with zero attached hydrogens (tertiary/aromatic N) is 4. The van der Waals surface area contributed by atoms with Gasteiger partial charge >= 0.3 is 0 Å².